The lowest BCUT2D eigenvalue weighted by Crippen LogP contribution is -2.18. The van der Waals surface area contributed by atoms with Crippen molar-refractivity contribution in [3.05, 3.63) is 48.2 Å². The third-order valence-corrected chi connectivity index (χ3v) is 6.41. The minimum atomic E-state index is -3.95. The summed E-state index contributed by atoms with van der Waals surface area (Å²) in [7, 11) is -7.84. The Morgan fingerprint density at radius 3 is 2.16 bits per heavy atom. The maximum atomic E-state index is 12.5. The highest BCUT2D eigenvalue weighted by atomic mass is 32.2. The van der Waals surface area contributed by atoms with Crippen molar-refractivity contribution >= 4 is 25.9 Å². The average Bonchev–Trinajstić information content (AvgIpc) is 2.54. The van der Waals surface area contributed by atoms with Crippen LogP contribution in [0.4, 0.5) is 5.82 Å². The van der Waals surface area contributed by atoms with E-state index in [2.05, 4.69) is 30.5 Å². The van der Waals surface area contributed by atoms with Gasteiger partial charge in [-0.2, -0.15) is 0 Å². The summed E-state index contributed by atoms with van der Waals surface area (Å²) >= 11 is 0. The molecule has 136 valence electrons. The first kappa shape index (κ1) is 19.4. The molecule has 2 aromatic rings. The minimum absolute atomic E-state index is 0.0545. The Labute approximate surface area is 148 Å². The summed E-state index contributed by atoms with van der Waals surface area (Å²) in [5.41, 5.74) is 0.976. The fourth-order valence-corrected chi connectivity index (χ4v) is 3.66. The predicted octanol–water partition coefficient (Wildman–Crippen LogP) is 2.22. The Bertz CT molecular complexity index is 967. The average molecular weight is 383 g/mol. The minimum Gasteiger partial charge on any atom is -0.263 e. The third-order valence-electron chi connectivity index (χ3n) is 4.13. The van der Waals surface area contributed by atoms with Crippen LogP contribution in [0.3, 0.4) is 0 Å². The second kappa shape index (κ2) is 6.74. The number of pyridine rings is 1. The Balaban J connectivity index is 2.31. The van der Waals surface area contributed by atoms with Gasteiger partial charge in [0.05, 0.1) is 9.79 Å². The van der Waals surface area contributed by atoms with Crippen LogP contribution in [0.2, 0.25) is 0 Å². The molecule has 0 fully saturated rings. The van der Waals surface area contributed by atoms with Gasteiger partial charge in [-0.05, 0) is 35.6 Å². The molecule has 0 saturated heterocycles. The van der Waals surface area contributed by atoms with E-state index in [0.29, 0.717) is 0 Å². The monoisotopic (exact) mass is 383 g/mol. The van der Waals surface area contributed by atoms with Crippen molar-refractivity contribution in [3.8, 4) is 0 Å². The summed E-state index contributed by atoms with van der Waals surface area (Å²) in [6, 6.07) is 8.83. The van der Waals surface area contributed by atoms with E-state index < -0.39 is 20.0 Å². The van der Waals surface area contributed by atoms with Crippen LogP contribution in [0.25, 0.3) is 0 Å². The number of anilines is 1. The molecule has 0 aliphatic carbocycles. The van der Waals surface area contributed by atoms with E-state index in [-0.39, 0.29) is 21.0 Å². The van der Waals surface area contributed by atoms with Gasteiger partial charge in [0, 0.05) is 12.3 Å². The van der Waals surface area contributed by atoms with E-state index >= 15 is 0 Å². The molecule has 0 radical (unpaired) electrons. The van der Waals surface area contributed by atoms with Crippen LogP contribution in [0.15, 0.2) is 52.4 Å². The van der Waals surface area contributed by atoms with Gasteiger partial charge < -0.3 is 0 Å². The zero-order valence-corrected chi connectivity index (χ0v) is 15.9. The second-order valence-corrected chi connectivity index (χ2v) is 9.53. The van der Waals surface area contributed by atoms with Crippen molar-refractivity contribution in [2.24, 2.45) is 5.14 Å². The topological polar surface area (TPSA) is 119 Å². The van der Waals surface area contributed by atoms with Crippen LogP contribution < -0.4 is 9.86 Å². The standard InChI is InChI=1S/C16H21N3O4S2/c1-4-16(2,3)12-5-7-13(8-6-12)25(22,23)19-15-11-14(9-10-18-15)24(17,20)21/h5-11H,4H2,1-3H3,(H,18,19)(H2,17,20,21). The van der Waals surface area contributed by atoms with E-state index in [1.54, 1.807) is 12.1 Å². The van der Waals surface area contributed by atoms with Crippen molar-refractivity contribution < 1.29 is 16.8 Å². The van der Waals surface area contributed by atoms with Gasteiger partial charge in [-0.1, -0.05) is 32.9 Å². The van der Waals surface area contributed by atoms with Gasteiger partial charge in [0.1, 0.15) is 5.82 Å². The van der Waals surface area contributed by atoms with Crippen molar-refractivity contribution in [1.29, 1.82) is 0 Å². The van der Waals surface area contributed by atoms with Crippen molar-refractivity contribution in [2.45, 2.75) is 42.4 Å². The van der Waals surface area contributed by atoms with E-state index in [9.17, 15) is 16.8 Å². The SMILES string of the molecule is CCC(C)(C)c1ccc(S(=O)(=O)Nc2cc(S(N)(=O)=O)ccn2)cc1. The Morgan fingerprint density at radius 1 is 1.04 bits per heavy atom. The van der Waals surface area contributed by atoms with Gasteiger partial charge in [-0.3, -0.25) is 4.72 Å². The molecule has 2 rings (SSSR count). The Hall–Kier alpha value is -1.97. The van der Waals surface area contributed by atoms with Gasteiger partial charge in [-0.25, -0.2) is 27.0 Å². The van der Waals surface area contributed by atoms with Crippen LogP contribution in [0.1, 0.15) is 32.8 Å². The predicted molar refractivity (Wildman–Crippen MR) is 96.2 cm³/mol. The lowest BCUT2D eigenvalue weighted by atomic mass is 9.82. The maximum absolute atomic E-state index is 12.5. The quantitative estimate of drug-likeness (QED) is 0.792. The lowest BCUT2D eigenvalue weighted by molar-refractivity contribution is 0.506. The summed E-state index contributed by atoms with van der Waals surface area (Å²) < 4.78 is 49.9. The molecular weight excluding hydrogens is 362 g/mol. The lowest BCUT2D eigenvalue weighted by Gasteiger charge is -2.23. The first-order chi connectivity index (χ1) is 11.5. The smallest absolute Gasteiger partial charge is 0.263 e. The molecule has 0 atom stereocenters. The number of hydrogen-bond acceptors (Lipinski definition) is 5. The van der Waals surface area contributed by atoms with E-state index in [1.165, 1.54) is 24.4 Å². The highest BCUT2D eigenvalue weighted by molar-refractivity contribution is 7.92. The molecule has 0 aliphatic heterocycles. The van der Waals surface area contributed by atoms with Crippen LogP contribution in [-0.4, -0.2) is 21.8 Å². The molecule has 7 nitrogen and oxygen atoms in total. The number of hydrogen-bond donors (Lipinski definition) is 2. The van der Waals surface area contributed by atoms with Gasteiger partial charge in [0.15, 0.2) is 0 Å². The molecule has 0 unspecified atom stereocenters. The number of sulfonamides is 2. The molecule has 1 aromatic carbocycles. The zero-order valence-electron chi connectivity index (χ0n) is 14.2. The summed E-state index contributed by atoms with van der Waals surface area (Å²) in [6.45, 7) is 6.23. The summed E-state index contributed by atoms with van der Waals surface area (Å²) in [4.78, 5) is 3.66. The van der Waals surface area contributed by atoms with Gasteiger partial charge in [0.25, 0.3) is 10.0 Å². The molecule has 1 heterocycles. The molecule has 0 aliphatic rings. The van der Waals surface area contributed by atoms with Crippen molar-refractivity contribution in [1.82, 2.24) is 4.98 Å². The number of aromatic nitrogens is 1. The van der Waals surface area contributed by atoms with Crippen LogP contribution in [0, 0.1) is 0 Å². The van der Waals surface area contributed by atoms with E-state index in [0.717, 1.165) is 18.1 Å². The number of primary sulfonamides is 1. The van der Waals surface area contributed by atoms with Gasteiger partial charge in [-0.15, -0.1) is 0 Å². The molecule has 3 N–H and O–H groups in total. The molecule has 0 bridgehead atoms. The number of nitrogens with two attached hydrogens (primary N) is 1. The largest absolute Gasteiger partial charge is 0.263 e. The molecule has 25 heavy (non-hydrogen) atoms. The summed E-state index contributed by atoms with van der Waals surface area (Å²) in [5, 5.41) is 5.04. The normalized spacial score (nSPS) is 12.8. The Morgan fingerprint density at radius 2 is 1.64 bits per heavy atom. The number of benzene rings is 1. The first-order valence-corrected chi connectivity index (χ1v) is 10.6. The van der Waals surface area contributed by atoms with E-state index in [1.807, 2.05) is 0 Å². The van der Waals surface area contributed by atoms with Crippen molar-refractivity contribution in [3.63, 3.8) is 0 Å². The highest BCUT2D eigenvalue weighted by Crippen LogP contribution is 2.27. The molecule has 9 heteroatoms. The summed E-state index contributed by atoms with van der Waals surface area (Å²) in [5.74, 6) is -0.121. The number of nitrogens with one attached hydrogen (secondary N) is 1. The fraction of sp³-hybridized carbons (Fsp3) is 0.312. The fourth-order valence-electron chi connectivity index (χ4n) is 2.13. The molecule has 1 aromatic heterocycles. The number of rotatable bonds is 6. The highest BCUT2D eigenvalue weighted by Gasteiger charge is 2.20. The third kappa shape index (κ3) is 4.56. The molecule has 0 amide bonds. The zero-order chi connectivity index (χ0) is 18.9. The first-order valence-electron chi connectivity index (χ1n) is 7.58. The van der Waals surface area contributed by atoms with Crippen LogP contribution >= 0.6 is 0 Å². The maximum Gasteiger partial charge on any atom is 0.263 e. The molecule has 0 spiro atoms. The molecule has 0 saturated carbocycles. The van der Waals surface area contributed by atoms with Crippen LogP contribution in [0.5, 0.6) is 0 Å². The van der Waals surface area contributed by atoms with E-state index in [4.69, 9.17) is 5.14 Å². The molecular formula is C16H21N3O4S2. The number of nitrogens with zero attached hydrogens (tertiary/aromatic N) is 1. The summed E-state index contributed by atoms with van der Waals surface area (Å²) in [6.07, 6.45) is 2.09. The Kier molecular flexibility index (Phi) is 5.22. The van der Waals surface area contributed by atoms with Gasteiger partial charge >= 0.3 is 0 Å². The second-order valence-electron chi connectivity index (χ2n) is 6.29. The van der Waals surface area contributed by atoms with Gasteiger partial charge in [0.2, 0.25) is 10.0 Å². The van der Waals surface area contributed by atoms with Crippen molar-refractivity contribution in [2.75, 3.05) is 4.72 Å². The van der Waals surface area contributed by atoms with Crippen LogP contribution in [-0.2, 0) is 25.5 Å².